The average molecular weight is 284 g/mol. The number of aromatic amines is 1. The number of nitrogens with one attached hydrogen (secondary N) is 1. The van der Waals surface area contributed by atoms with Gasteiger partial charge in [-0.25, -0.2) is 4.98 Å². The van der Waals surface area contributed by atoms with E-state index in [4.69, 9.17) is 4.42 Å². The molecule has 3 aromatic heterocycles. The van der Waals surface area contributed by atoms with Crippen LogP contribution < -0.4 is 4.90 Å². The van der Waals surface area contributed by atoms with E-state index < -0.39 is 0 Å². The number of aliphatic hydroxyl groups excluding tert-OH is 1. The Labute approximate surface area is 121 Å². The molecule has 0 amide bonds. The van der Waals surface area contributed by atoms with Crippen LogP contribution >= 0.6 is 0 Å². The lowest BCUT2D eigenvalue weighted by molar-refractivity contribution is 0.265. The number of aromatic nitrogens is 3. The normalized spacial score (nSPS) is 18.7. The molecule has 108 valence electrons. The zero-order chi connectivity index (χ0) is 14.2. The van der Waals surface area contributed by atoms with Crippen molar-refractivity contribution in [1.82, 2.24) is 15.0 Å². The molecule has 1 saturated heterocycles. The topological polar surface area (TPSA) is 78.2 Å². The highest BCUT2D eigenvalue weighted by Crippen LogP contribution is 2.30. The predicted molar refractivity (Wildman–Crippen MR) is 79.0 cm³/mol. The number of aliphatic hydroxyl groups is 1. The maximum Gasteiger partial charge on any atom is 0.228 e. The van der Waals surface area contributed by atoms with Crippen LogP contribution in [-0.4, -0.2) is 39.3 Å². The number of hydrogen-bond donors (Lipinski definition) is 2. The van der Waals surface area contributed by atoms with Crippen LogP contribution in [0.1, 0.15) is 12.8 Å². The average Bonchev–Trinajstić information content (AvgIpc) is 3.25. The molecule has 6 nitrogen and oxygen atoms in total. The number of nitrogens with zero attached hydrogens (tertiary/aromatic N) is 3. The lowest BCUT2D eigenvalue weighted by Crippen LogP contribution is -2.33. The maximum atomic E-state index is 9.50. The number of furan rings is 1. The van der Waals surface area contributed by atoms with Gasteiger partial charge in [-0.3, -0.25) is 0 Å². The van der Waals surface area contributed by atoms with E-state index in [1.54, 1.807) is 6.26 Å². The maximum absolute atomic E-state index is 9.50. The molecule has 1 aliphatic rings. The summed E-state index contributed by atoms with van der Waals surface area (Å²) in [6.45, 7) is 0.997. The first-order valence-electron chi connectivity index (χ1n) is 7.13. The Morgan fingerprint density at radius 3 is 3.14 bits per heavy atom. The molecule has 3 aromatic rings. The van der Waals surface area contributed by atoms with Crippen LogP contribution in [0.3, 0.4) is 0 Å². The summed E-state index contributed by atoms with van der Waals surface area (Å²) < 4.78 is 5.50. The summed E-state index contributed by atoms with van der Waals surface area (Å²) in [5.41, 5.74) is 1.57. The summed E-state index contributed by atoms with van der Waals surface area (Å²) in [4.78, 5) is 14.5. The van der Waals surface area contributed by atoms with Gasteiger partial charge in [0, 0.05) is 18.1 Å². The van der Waals surface area contributed by atoms with E-state index in [1.807, 2.05) is 24.4 Å². The molecule has 6 heteroatoms. The summed E-state index contributed by atoms with van der Waals surface area (Å²) in [6, 6.07) is 5.79. The van der Waals surface area contributed by atoms with Crippen molar-refractivity contribution in [1.29, 1.82) is 0 Å². The van der Waals surface area contributed by atoms with Crippen molar-refractivity contribution in [3.8, 4) is 11.5 Å². The van der Waals surface area contributed by atoms with Gasteiger partial charge in [-0.2, -0.15) is 4.98 Å². The lowest BCUT2D eigenvalue weighted by atomic mass is 10.2. The van der Waals surface area contributed by atoms with E-state index in [0.717, 1.165) is 41.9 Å². The van der Waals surface area contributed by atoms with Crippen molar-refractivity contribution >= 4 is 17.0 Å². The summed E-state index contributed by atoms with van der Waals surface area (Å²) in [5.74, 6) is 1.37. The van der Waals surface area contributed by atoms with E-state index in [-0.39, 0.29) is 12.6 Å². The fourth-order valence-electron chi connectivity index (χ4n) is 2.95. The van der Waals surface area contributed by atoms with Crippen molar-refractivity contribution in [3.63, 3.8) is 0 Å². The highest BCUT2D eigenvalue weighted by molar-refractivity contribution is 5.90. The molecule has 4 rings (SSSR count). The summed E-state index contributed by atoms with van der Waals surface area (Å²) in [5, 5.41) is 10.4. The van der Waals surface area contributed by atoms with Crippen LogP contribution in [-0.2, 0) is 0 Å². The van der Waals surface area contributed by atoms with Gasteiger partial charge in [0.25, 0.3) is 0 Å². The van der Waals surface area contributed by atoms with Crippen LogP contribution in [0.25, 0.3) is 22.5 Å². The Hall–Kier alpha value is -2.34. The van der Waals surface area contributed by atoms with Gasteiger partial charge in [0.1, 0.15) is 11.3 Å². The fourth-order valence-corrected chi connectivity index (χ4v) is 2.95. The van der Waals surface area contributed by atoms with Gasteiger partial charge >= 0.3 is 0 Å². The number of H-pyrrole nitrogens is 1. The first-order chi connectivity index (χ1) is 10.4. The van der Waals surface area contributed by atoms with Crippen molar-refractivity contribution in [2.24, 2.45) is 0 Å². The Kier molecular flexibility index (Phi) is 2.89. The number of fused-ring (bicyclic) bond motifs is 1. The standard InChI is InChI=1S/C15H16N4O2/c20-9-10-3-1-7-19(10)15-17-13(12-4-2-8-21-12)11-5-6-16-14(11)18-15/h2,4-6,8,10,20H,1,3,7,9H2,(H,16,17,18)/t10-/m1/s1. The Morgan fingerprint density at radius 1 is 1.38 bits per heavy atom. The number of hydrogen-bond acceptors (Lipinski definition) is 5. The van der Waals surface area contributed by atoms with Crippen LogP contribution in [0.2, 0.25) is 0 Å². The molecule has 0 saturated carbocycles. The molecule has 4 heterocycles. The number of rotatable bonds is 3. The van der Waals surface area contributed by atoms with Crippen molar-refractivity contribution in [3.05, 3.63) is 30.7 Å². The van der Waals surface area contributed by atoms with E-state index in [2.05, 4.69) is 19.9 Å². The van der Waals surface area contributed by atoms with Crippen molar-refractivity contribution < 1.29 is 9.52 Å². The smallest absolute Gasteiger partial charge is 0.228 e. The largest absolute Gasteiger partial charge is 0.463 e. The van der Waals surface area contributed by atoms with E-state index >= 15 is 0 Å². The minimum absolute atomic E-state index is 0.0989. The highest BCUT2D eigenvalue weighted by Gasteiger charge is 2.27. The minimum atomic E-state index is 0.0989. The summed E-state index contributed by atoms with van der Waals surface area (Å²) >= 11 is 0. The molecule has 1 aliphatic heterocycles. The quantitative estimate of drug-likeness (QED) is 0.770. The Balaban J connectivity index is 1.87. The molecule has 1 fully saturated rings. The highest BCUT2D eigenvalue weighted by atomic mass is 16.3. The monoisotopic (exact) mass is 284 g/mol. The van der Waals surface area contributed by atoms with Crippen molar-refractivity contribution in [2.45, 2.75) is 18.9 Å². The predicted octanol–water partition coefficient (Wildman–Crippen LogP) is 2.18. The molecule has 0 aliphatic carbocycles. The molecular weight excluding hydrogens is 268 g/mol. The zero-order valence-electron chi connectivity index (χ0n) is 11.5. The fraction of sp³-hybridized carbons (Fsp3) is 0.333. The van der Waals surface area contributed by atoms with Crippen LogP contribution in [0.4, 0.5) is 5.95 Å². The Morgan fingerprint density at radius 2 is 2.33 bits per heavy atom. The lowest BCUT2D eigenvalue weighted by Gasteiger charge is -2.23. The molecular formula is C15H16N4O2. The first kappa shape index (κ1) is 12.4. The second-order valence-electron chi connectivity index (χ2n) is 5.26. The van der Waals surface area contributed by atoms with Gasteiger partial charge < -0.3 is 19.4 Å². The zero-order valence-corrected chi connectivity index (χ0v) is 11.5. The van der Waals surface area contributed by atoms with Crippen LogP contribution in [0.15, 0.2) is 35.1 Å². The molecule has 0 aromatic carbocycles. The van der Waals surface area contributed by atoms with Crippen molar-refractivity contribution in [2.75, 3.05) is 18.1 Å². The van der Waals surface area contributed by atoms with Crippen LogP contribution in [0, 0.1) is 0 Å². The van der Waals surface area contributed by atoms with Gasteiger partial charge in [-0.15, -0.1) is 0 Å². The second kappa shape index (κ2) is 4.89. The molecule has 2 N–H and O–H groups in total. The van der Waals surface area contributed by atoms with E-state index in [1.165, 1.54) is 0 Å². The molecule has 0 spiro atoms. The van der Waals surface area contributed by atoms with Gasteiger partial charge in [-0.1, -0.05) is 0 Å². The third-order valence-corrected chi connectivity index (χ3v) is 4.00. The molecule has 1 atom stereocenters. The first-order valence-corrected chi connectivity index (χ1v) is 7.13. The molecule has 0 unspecified atom stereocenters. The third-order valence-electron chi connectivity index (χ3n) is 4.00. The van der Waals surface area contributed by atoms with Gasteiger partial charge in [0.15, 0.2) is 5.76 Å². The minimum Gasteiger partial charge on any atom is -0.463 e. The third kappa shape index (κ3) is 1.99. The summed E-state index contributed by atoms with van der Waals surface area (Å²) in [7, 11) is 0. The SMILES string of the molecule is OC[C@H]1CCCN1c1nc(-c2ccco2)c2cc[nH]c2n1. The number of anilines is 1. The van der Waals surface area contributed by atoms with E-state index in [9.17, 15) is 5.11 Å². The Bertz CT molecular complexity index is 750. The van der Waals surface area contributed by atoms with Crippen LogP contribution in [0.5, 0.6) is 0 Å². The molecule has 21 heavy (non-hydrogen) atoms. The second-order valence-corrected chi connectivity index (χ2v) is 5.26. The van der Waals surface area contributed by atoms with Gasteiger partial charge in [0.05, 0.1) is 18.9 Å². The van der Waals surface area contributed by atoms with Gasteiger partial charge in [0.2, 0.25) is 5.95 Å². The summed E-state index contributed by atoms with van der Waals surface area (Å²) in [6.07, 6.45) is 5.51. The molecule has 0 radical (unpaired) electrons. The van der Waals surface area contributed by atoms with Gasteiger partial charge in [-0.05, 0) is 31.0 Å². The van der Waals surface area contributed by atoms with E-state index in [0.29, 0.717) is 5.95 Å². The molecule has 0 bridgehead atoms.